The van der Waals surface area contributed by atoms with Crippen molar-refractivity contribution in [3.63, 3.8) is 0 Å². The summed E-state index contributed by atoms with van der Waals surface area (Å²) in [4.78, 5) is 18.7. The average molecular weight is 384 g/mol. The number of carbonyl (C=O) groups excluding carboxylic acids is 1. The molecule has 0 saturated carbocycles. The van der Waals surface area contributed by atoms with Crippen LogP contribution < -0.4 is 10.2 Å². The molecule has 0 spiro atoms. The number of nitrogens with one attached hydrogen (secondary N) is 1. The van der Waals surface area contributed by atoms with Gasteiger partial charge in [0.2, 0.25) is 5.91 Å². The predicted octanol–water partition coefficient (Wildman–Crippen LogP) is 4.07. The second kappa shape index (κ2) is 8.86. The fraction of sp³-hybridized carbons (Fsp3) is 0.333. The SMILES string of the molecule is Cc1ccc(-c2nc(CC(=O)NCCCc3ccc(N(C)C)cc3)cs2)o1. The van der Waals surface area contributed by atoms with Gasteiger partial charge < -0.3 is 14.6 Å². The molecule has 0 aliphatic heterocycles. The zero-order chi connectivity index (χ0) is 19.2. The number of hydrogen-bond donors (Lipinski definition) is 1. The molecule has 27 heavy (non-hydrogen) atoms. The molecule has 1 N–H and O–H groups in total. The Balaban J connectivity index is 1.40. The molecule has 0 aliphatic rings. The van der Waals surface area contributed by atoms with Gasteiger partial charge >= 0.3 is 0 Å². The zero-order valence-electron chi connectivity index (χ0n) is 16.0. The van der Waals surface area contributed by atoms with Gasteiger partial charge in [-0.1, -0.05) is 12.1 Å². The molecule has 2 heterocycles. The number of aryl methyl sites for hydroxylation is 2. The van der Waals surface area contributed by atoms with Crippen molar-refractivity contribution in [1.29, 1.82) is 0 Å². The van der Waals surface area contributed by atoms with Crippen LogP contribution in [0.25, 0.3) is 10.8 Å². The lowest BCUT2D eigenvalue weighted by atomic mass is 10.1. The third-order valence-corrected chi connectivity index (χ3v) is 5.17. The van der Waals surface area contributed by atoms with E-state index in [0.29, 0.717) is 13.0 Å². The third kappa shape index (κ3) is 5.44. The predicted molar refractivity (Wildman–Crippen MR) is 110 cm³/mol. The molecule has 0 unspecified atom stereocenters. The van der Waals surface area contributed by atoms with Crippen LogP contribution in [-0.4, -0.2) is 31.5 Å². The van der Waals surface area contributed by atoms with E-state index in [1.807, 2.05) is 38.5 Å². The molecular weight excluding hydrogens is 358 g/mol. The maximum atomic E-state index is 12.1. The molecule has 0 aliphatic carbocycles. The first kappa shape index (κ1) is 19.2. The summed E-state index contributed by atoms with van der Waals surface area (Å²) in [6.07, 6.45) is 2.17. The number of hydrogen-bond acceptors (Lipinski definition) is 5. The maximum Gasteiger partial charge on any atom is 0.226 e. The number of anilines is 1. The van der Waals surface area contributed by atoms with E-state index in [1.54, 1.807) is 0 Å². The molecule has 142 valence electrons. The number of aromatic nitrogens is 1. The number of rotatable bonds is 8. The summed E-state index contributed by atoms with van der Waals surface area (Å²) in [5.41, 5.74) is 3.26. The Morgan fingerprint density at radius 2 is 1.96 bits per heavy atom. The standard InChI is InChI=1S/C21H25N3O2S/c1-15-6-11-19(26-15)21-23-17(14-27-21)13-20(25)22-12-4-5-16-7-9-18(10-8-16)24(2)3/h6-11,14H,4-5,12-13H2,1-3H3,(H,22,25). The number of benzene rings is 1. The smallest absolute Gasteiger partial charge is 0.226 e. The highest BCUT2D eigenvalue weighted by molar-refractivity contribution is 7.13. The molecule has 0 fully saturated rings. The van der Waals surface area contributed by atoms with Gasteiger partial charge in [-0.3, -0.25) is 4.79 Å². The molecule has 0 saturated heterocycles. The molecule has 3 rings (SSSR count). The maximum absolute atomic E-state index is 12.1. The van der Waals surface area contributed by atoms with Gasteiger partial charge in [0, 0.05) is 31.7 Å². The minimum absolute atomic E-state index is 0.00503. The quantitative estimate of drug-likeness (QED) is 0.596. The van der Waals surface area contributed by atoms with Gasteiger partial charge in [0.05, 0.1) is 12.1 Å². The van der Waals surface area contributed by atoms with E-state index < -0.39 is 0 Å². The topological polar surface area (TPSA) is 58.4 Å². The molecule has 1 aromatic carbocycles. The first-order chi connectivity index (χ1) is 13.0. The van der Waals surface area contributed by atoms with Gasteiger partial charge in [-0.15, -0.1) is 11.3 Å². The molecule has 1 amide bonds. The van der Waals surface area contributed by atoms with E-state index in [9.17, 15) is 4.79 Å². The van der Waals surface area contributed by atoms with Crippen molar-refractivity contribution >= 4 is 22.9 Å². The average Bonchev–Trinajstić information content (AvgIpc) is 3.28. The van der Waals surface area contributed by atoms with Gasteiger partial charge in [0.25, 0.3) is 0 Å². The Kier molecular flexibility index (Phi) is 6.29. The summed E-state index contributed by atoms with van der Waals surface area (Å²) in [7, 11) is 4.07. The minimum atomic E-state index is 0.00503. The number of carbonyl (C=O) groups is 1. The minimum Gasteiger partial charge on any atom is -0.459 e. The Bertz CT molecular complexity index is 881. The van der Waals surface area contributed by atoms with Crippen LogP contribution in [0, 0.1) is 6.92 Å². The molecule has 3 aromatic rings. The highest BCUT2D eigenvalue weighted by atomic mass is 32.1. The van der Waals surface area contributed by atoms with Crippen LogP contribution >= 0.6 is 11.3 Å². The molecule has 2 aromatic heterocycles. The highest BCUT2D eigenvalue weighted by Crippen LogP contribution is 2.25. The zero-order valence-corrected chi connectivity index (χ0v) is 16.8. The van der Waals surface area contributed by atoms with Crippen molar-refractivity contribution in [2.24, 2.45) is 0 Å². The fourth-order valence-corrected chi connectivity index (χ4v) is 3.54. The summed E-state index contributed by atoms with van der Waals surface area (Å²) < 4.78 is 5.57. The van der Waals surface area contributed by atoms with E-state index in [1.165, 1.54) is 22.6 Å². The van der Waals surface area contributed by atoms with Crippen LogP contribution in [0.1, 0.15) is 23.4 Å². The van der Waals surface area contributed by atoms with E-state index in [4.69, 9.17) is 4.42 Å². The highest BCUT2D eigenvalue weighted by Gasteiger charge is 2.11. The van der Waals surface area contributed by atoms with E-state index in [2.05, 4.69) is 39.5 Å². The van der Waals surface area contributed by atoms with E-state index in [0.717, 1.165) is 35.1 Å². The summed E-state index contributed by atoms with van der Waals surface area (Å²) >= 11 is 1.50. The number of furan rings is 1. The van der Waals surface area contributed by atoms with Crippen LogP contribution in [0.5, 0.6) is 0 Å². The summed E-state index contributed by atoms with van der Waals surface area (Å²) in [5, 5.41) is 5.71. The number of nitrogens with zero attached hydrogens (tertiary/aromatic N) is 2. The van der Waals surface area contributed by atoms with Crippen LogP contribution in [0.2, 0.25) is 0 Å². The summed E-state index contributed by atoms with van der Waals surface area (Å²) in [6, 6.07) is 12.3. The molecule has 0 radical (unpaired) electrons. The lowest BCUT2D eigenvalue weighted by molar-refractivity contribution is -0.120. The molecule has 5 nitrogen and oxygen atoms in total. The Labute approximate surface area is 164 Å². The van der Waals surface area contributed by atoms with Crippen molar-refractivity contribution in [2.75, 3.05) is 25.5 Å². The second-order valence-corrected chi connectivity index (χ2v) is 7.60. The van der Waals surface area contributed by atoms with Crippen LogP contribution in [0.3, 0.4) is 0 Å². The van der Waals surface area contributed by atoms with Crippen molar-refractivity contribution in [3.8, 4) is 10.8 Å². The molecular formula is C21H25N3O2S. The fourth-order valence-electron chi connectivity index (χ4n) is 2.76. The van der Waals surface area contributed by atoms with Crippen LogP contribution in [0.4, 0.5) is 5.69 Å². The van der Waals surface area contributed by atoms with Gasteiger partial charge in [0.15, 0.2) is 10.8 Å². The van der Waals surface area contributed by atoms with E-state index >= 15 is 0 Å². The van der Waals surface area contributed by atoms with Crippen LogP contribution in [-0.2, 0) is 17.6 Å². The Morgan fingerprint density at radius 1 is 1.19 bits per heavy atom. The van der Waals surface area contributed by atoms with Crippen molar-refractivity contribution in [2.45, 2.75) is 26.2 Å². The Morgan fingerprint density at radius 3 is 2.63 bits per heavy atom. The molecule has 0 bridgehead atoms. The lowest BCUT2D eigenvalue weighted by Gasteiger charge is -2.12. The van der Waals surface area contributed by atoms with Gasteiger partial charge in [-0.2, -0.15) is 0 Å². The second-order valence-electron chi connectivity index (χ2n) is 6.75. The summed E-state index contributed by atoms with van der Waals surface area (Å²) in [5.74, 6) is 1.62. The van der Waals surface area contributed by atoms with Crippen molar-refractivity contribution < 1.29 is 9.21 Å². The van der Waals surface area contributed by atoms with Gasteiger partial charge in [0.1, 0.15) is 5.76 Å². The van der Waals surface area contributed by atoms with Crippen molar-refractivity contribution in [1.82, 2.24) is 10.3 Å². The molecule has 0 atom stereocenters. The first-order valence-electron chi connectivity index (χ1n) is 9.05. The monoisotopic (exact) mass is 383 g/mol. The van der Waals surface area contributed by atoms with Crippen molar-refractivity contribution in [3.05, 3.63) is 58.8 Å². The molecule has 6 heteroatoms. The Hall–Kier alpha value is -2.60. The lowest BCUT2D eigenvalue weighted by Crippen LogP contribution is -2.26. The summed E-state index contributed by atoms with van der Waals surface area (Å²) in [6.45, 7) is 2.57. The number of thiazole rings is 1. The largest absolute Gasteiger partial charge is 0.459 e. The van der Waals surface area contributed by atoms with Gasteiger partial charge in [-0.25, -0.2) is 4.98 Å². The van der Waals surface area contributed by atoms with Gasteiger partial charge in [-0.05, 0) is 49.6 Å². The first-order valence-corrected chi connectivity index (χ1v) is 9.93. The normalized spacial score (nSPS) is 10.8. The van der Waals surface area contributed by atoms with E-state index in [-0.39, 0.29) is 5.91 Å². The van der Waals surface area contributed by atoms with Crippen LogP contribution in [0.15, 0.2) is 46.2 Å². The third-order valence-electron chi connectivity index (χ3n) is 4.26. The number of amides is 1.